The van der Waals surface area contributed by atoms with Crippen molar-refractivity contribution in [2.24, 2.45) is 0 Å². The van der Waals surface area contributed by atoms with Crippen molar-refractivity contribution in [2.45, 2.75) is 13.5 Å². The van der Waals surface area contributed by atoms with E-state index in [2.05, 4.69) is 20.3 Å². The Morgan fingerprint density at radius 3 is 2.86 bits per heavy atom. The first-order valence-corrected chi connectivity index (χ1v) is 6.77. The van der Waals surface area contributed by atoms with E-state index in [4.69, 9.17) is 0 Å². The Bertz CT molecular complexity index is 831. The third-order valence-corrected chi connectivity index (χ3v) is 3.23. The van der Waals surface area contributed by atoms with Crippen molar-refractivity contribution >= 4 is 16.8 Å². The van der Waals surface area contributed by atoms with Crippen molar-refractivity contribution in [3.05, 3.63) is 59.8 Å². The van der Waals surface area contributed by atoms with Crippen LogP contribution in [0.3, 0.4) is 0 Å². The van der Waals surface area contributed by atoms with Gasteiger partial charge >= 0.3 is 0 Å². The van der Waals surface area contributed by atoms with Crippen molar-refractivity contribution in [3.8, 4) is 5.75 Å². The van der Waals surface area contributed by atoms with Crippen molar-refractivity contribution in [3.63, 3.8) is 0 Å². The maximum Gasteiger partial charge on any atom is 0.255 e. The molecule has 0 aliphatic rings. The second-order valence-corrected chi connectivity index (χ2v) is 4.90. The molecule has 6 heteroatoms. The topological polar surface area (TPSA) is 88.0 Å². The van der Waals surface area contributed by atoms with Gasteiger partial charge in [-0.05, 0) is 25.1 Å². The number of rotatable bonds is 3. The lowest BCUT2D eigenvalue weighted by atomic mass is 10.1. The van der Waals surface area contributed by atoms with Crippen molar-refractivity contribution in [1.29, 1.82) is 0 Å². The van der Waals surface area contributed by atoms with E-state index < -0.39 is 0 Å². The number of aryl methyl sites for hydroxylation is 1. The molecule has 1 aromatic carbocycles. The Hall–Kier alpha value is -3.02. The minimum absolute atomic E-state index is 0.0759. The van der Waals surface area contributed by atoms with E-state index >= 15 is 0 Å². The fourth-order valence-corrected chi connectivity index (χ4v) is 2.07. The van der Waals surface area contributed by atoms with Crippen LogP contribution in [0.4, 0.5) is 0 Å². The molecular weight excluding hydrogens is 280 g/mol. The normalized spacial score (nSPS) is 10.6. The average Bonchev–Trinajstić information content (AvgIpc) is 2.53. The fourth-order valence-electron chi connectivity index (χ4n) is 2.07. The molecule has 0 saturated carbocycles. The first-order chi connectivity index (χ1) is 10.6. The fraction of sp³-hybridized carbons (Fsp3) is 0.125. The molecule has 0 spiro atoms. The van der Waals surface area contributed by atoms with Crippen LogP contribution in [-0.2, 0) is 6.54 Å². The summed E-state index contributed by atoms with van der Waals surface area (Å²) in [7, 11) is 0. The van der Waals surface area contributed by atoms with Gasteiger partial charge in [0.1, 0.15) is 5.75 Å². The number of phenolic OH excluding ortho intramolecular Hbond substituents is 1. The van der Waals surface area contributed by atoms with Crippen LogP contribution in [0.5, 0.6) is 5.75 Å². The molecule has 0 radical (unpaired) electrons. The second-order valence-electron chi connectivity index (χ2n) is 4.90. The second kappa shape index (κ2) is 5.77. The van der Waals surface area contributed by atoms with Crippen LogP contribution in [0.2, 0.25) is 0 Å². The maximum absolute atomic E-state index is 12.2. The first kappa shape index (κ1) is 13.9. The van der Waals surface area contributed by atoms with Gasteiger partial charge in [0.2, 0.25) is 0 Å². The summed E-state index contributed by atoms with van der Waals surface area (Å²) < 4.78 is 0. The van der Waals surface area contributed by atoms with Gasteiger partial charge in [0.25, 0.3) is 5.91 Å². The lowest BCUT2D eigenvalue weighted by Gasteiger charge is -2.08. The van der Waals surface area contributed by atoms with E-state index in [0.29, 0.717) is 11.2 Å². The van der Waals surface area contributed by atoms with Gasteiger partial charge in [-0.2, -0.15) is 0 Å². The van der Waals surface area contributed by atoms with Gasteiger partial charge in [-0.3, -0.25) is 19.7 Å². The molecule has 22 heavy (non-hydrogen) atoms. The van der Waals surface area contributed by atoms with Crippen LogP contribution in [0.15, 0.2) is 42.9 Å². The zero-order chi connectivity index (χ0) is 15.5. The minimum Gasteiger partial charge on any atom is -0.507 e. The standard InChI is InChI=1S/C16H14N4O2/c1-10-7-19-12(8-18-10)9-20-16(22)13-6-14-11(5-15(13)21)3-2-4-17-14/h2-8,21H,9H2,1H3,(H,20,22). The number of carbonyl (C=O) groups is 1. The molecule has 2 N–H and O–H groups in total. The van der Waals surface area contributed by atoms with Crippen LogP contribution in [0.25, 0.3) is 10.9 Å². The molecule has 0 aliphatic heterocycles. The van der Waals surface area contributed by atoms with Gasteiger partial charge in [-0.1, -0.05) is 6.07 Å². The highest BCUT2D eigenvalue weighted by Gasteiger charge is 2.13. The zero-order valence-electron chi connectivity index (χ0n) is 11.9. The number of hydrogen-bond donors (Lipinski definition) is 2. The van der Waals surface area contributed by atoms with Crippen molar-refractivity contribution in [1.82, 2.24) is 20.3 Å². The molecule has 0 fully saturated rings. The third-order valence-electron chi connectivity index (χ3n) is 3.23. The van der Waals surface area contributed by atoms with Gasteiger partial charge in [0, 0.05) is 17.8 Å². The number of aromatic nitrogens is 3. The number of benzene rings is 1. The molecular formula is C16H14N4O2. The Labute approximate surface area is 126 Å². The Morgan fingerprint density at radius 1 is 1.23 bits per heavy atom. The number of carbonyl (C=O) groups excluding carboxylic acids is 1. The van der Waals surface area contributed by atoms with Crippen molar-refractivity contribution < 1.29 is 9.90 Å². The van der Waals surface area contributed by atoms with Crippen LogP contribution in [0.1, 0.15) is 21.7 Å². The number of aromatic hydroxyl groups is 1. The van der Waals surface area contributed by atoms with Crippen LogP contribution in [-0.4, -0.2) is 26.0 Å². The Kier molecular flexibility index (Phi) is 3.65. The van der Waals surface area contributed by atoms with E-state index in [0.717, 1.165) is 11.1 Å². The number of nitrogens with zero attached hydrogens (tertiary/aromatic N) is 3. The summed E-state index contributed by atoms with van der Waals surface area (Å²) in [6, 6.07) is 6.70. The van der Waals surface area contributed by atoms with Gasteiger partial charge in [-0.15, -0.1) is 0 Å². The summed E-state index contributed by atoms with van der Waals surface area (Å²) in [5.74, 6) is -0.458. The summed E-state index contributed by atoms with van der Waals surface area (Å²) in [4.78, 5) is 24.7. The highest BCUT2D eigenvalue weighted by atomic mass is 16.3. The van der Waals surface area contributed by atoms with E-state index in [1.807, 2.05) is 13.0 Å². The number of amides is 1. The number of nitrogens with one attached hydrogen (secondary N) is 1. The summed E-state index contributed by atoms with van der Waals surface area (Å²) in [6.07, 6.45) is 4.89. The molecule has 0 aliphatic carbocycles. The molecule has 3 rings (SSSR count). The molecule has 110 valence electrons. The average molecular weight is 294 g/mol. The summed E-state index contributed by atoms with van der Waals surface area (Å²) >= 11 is 0. The van der Waals surface area contributed by atoms with Crippen molar-refractivity contribution in [2.75, 3.05) is 0 Å². The Balaban J connectivity index is 1.79. The lowest BCUT2D eigenvalue weighted by molar-refractivity contribution is 0.0948. The lowest BCUT2D eigenvalue weighted by Crippen LogP contribution is -2.23. The number of pyridine rings is 1. The highest BCUT2D eigenvalue weighted by Crippen LogP contribution is 2.23. The van der Waals surface area contributed by atoms with E-state index in [-0.39, 0.29) is 23.8 Å². The molecule has 0 atom stereocenters. The quantitative estimate of drug-likeness (QED) is 0.771. The molecule has 1 amide bonds. The van der Waals surface area contributed by atoms with E-state index in [9.17, 15) is 9.90 Å². The van der Waals surface area contributed by atoms with Gasteiger partial charge in [0.15, 0.2) is 0 Å². The molecule has 0 unspecified atom stereocenters. The zero-order valence-corrected chi connectivity index (χ0v) is 11.9. The molecule has 2 heterocycles. The summed E-state index contributed by atoms with van der Waals surface area (Å²) in [5, 5.41) is 13.5. The molecule has 0 saturated heterocycles. The van der Waals surface area contributed by atoms with E-state index in [1.54, 1.807) is 30.7 Å². The van der Waals surface area contributed by atoms with Gasteiger partial charge in [0.05, 0.1) is 35.2 Å². The molecule has 0 bridgehead atoms. The van der Waals surface area contributed by atoms with Gasteiger partial charge < -0.3 is 10.4 Å². The largest absolute Gasteiger partial charge is 0.507 e. The van der Waals surface area contributed by atoms with Crippen LogP contribution >= 0.6 is 0 Å². The number of hydrogen-bond acceptors (Lipinski definition) is 5. The monoisotopic (exact) mass is 294 g/mol. The maximum atomic E-state index is 12.2. The highest BCUT2D eigenvalue weighted by molar-refractivity contribution is 6.00. The first-order valence-electron chi connectivity index (χ1n) is 6.77. The third kappa shape index (κ3) is 2.85. The molecule has 6 nitrogen and oxygen atoms in total. The molecule has 2 aromatic heterocycles. The van der Waals surface area contributed by atoms with Crippen LogP contribution in [0, 0.1) is 6.92 Å². The predicted octanol–water partition coefficient (Wildman–Crippen LogP) is 1.97. The smallest absolute Gasteiger partial charge is 0.255 e. The number of phenols is 1. The SMILES string of the molecule is Cc1cnc(CNC(=O)c2cc3ncccc3cc2O)cn1. The molecule has 3 aromatic rings. The predicted molar refractivity (Wildman–Crippen MR) is 81.3 cm³/mol. The minimum atomic E-state index is -0.382. The summed E-state index contributed by atoms with van der Waals surface area (Å²) in [5.41, 5.74) is 2.30. The summed E-state index contributed by atoms with van der Waals surface area (Å²) in [6.45, 7) is 2.08. The van der Waals surface area contributed by atoms with Gasteiger partial charge in [-0.25, -0.2) is 0 Å². The number of fused-ring (bicyclic) bond motifs is 1. The van der Waals surface area contributed by atoms with E-state index in [1.165, 1.54) is 6.07 Å². The Morgan fingerprint density at radius 2 is 2.09 bits per heavy atom. The van der Waals surface area contributed by atoms with Crippen LogP contribution < -0.4 is 5.32 Å².